The van der Waals surface area contributed by atoms with Crippen LogP contribution in [0.3, 0.4) is 0 Å². The van der Waals surface area contributed by atoms with Crippen molar-refractivity contribution in [3.05, 3.63) is 22.4 Å². The molecule has 2 atom stereocenters. The summed E-state index contributed by atoms with van der Waals surface area (Å²) < 4.78 is 0. The van der Waals surface area contributed by atoms with E-state index in [-0.39, 0.29) is 0 Å². The molecule has 1 N–H and O–H groups in total. The number of hydrogen-bond acceptors (Lipinski definition) is 3. The van der Waals surface area contributed by atoms with Gasteiger partial charge in [0.05, 0.1) is 0 Å². The lowest BCUT2D eigenvalue weighted by molar-refractivity contribution is 0.407. The summed E-state index contributed by atoms with van der Waals surface area (Å²) in [5.74, 6) is 2.80. The highest BCUT2D eigenvalue weighted by Gasteiger charge is 2.21. The van der Waals surface area contributed by atoms with Crippen LogP contribution in [0.15, 0.2) is 21.8 Å². The van der Waals surface area contributed by atoms with Crippen molar-refractivity contribution in [2.24, 2.45) is 4.99 Å². The monoisotopic (exact) mass is 311 g/mol. The molecule has 1 saturated heterocycles. The van der Waals surface area contributed by atoms with Crippen LogP contribution in [-0.4, -0.2) is 48.5 Å². The predicted octanol–water partition coefficient (Wildman–Crippen LogP) is 3.25. The second-order valence-electron chi connectivity index (χ2n) is 5.23. The third kappa shape index (κ3) is 4.16. The van der Waals surface area contributed by atoms with Gasteiger partial charge in [0.2, 0.25) is 0 Å². The van der Waals surface area contributed by atoms with Crippen molar-refractivity contribution in [3.63, 3.8) is 0 Å². The molecule has 1 aromatic heterocycles. The number of nitrogens with one attached hydrogen (secondary N) is 1. The van der Waals surface area contributed by atoms with Crippen LogP contribution < -0.4 is 5.32 Å². The first-order valence-corrected chi connectivity index (χ1v) is 9.33. The molecule has 2 rings (SSSR count). The molecule has 112 valence electrons. The average molecular weight is 312 g/mol. The molecular formula is C15H25N3S2. The van der Waals surface area contributed by atoms with Crippen LogP contribution in [0.25, 0.3) is 0 Å². The zero-order chi connectivity index (χ0) is 14.4. The molecule has 0 bridgehead atoms. The quantitative estimate of drug-likeness (QED) is 0.683. The summed E-state index contributed by atoms with van der Waals surface area (Å²) in [5, 5.41) is 8.67. The molecule has 0 aromatic carbocycles. The lowest BCUT2D eigenvalue weighted by Crippen LogP contribution is -2.48. The smallest absolute Gasteiger partial charge is 0.193 e. The Morgan fingerprint density at radius 1 is 1.60 bits per heavy atom. The average Bonchev–Trinajstić information content (AvgIpc) is 3.02. The number of aliphatic imine (C=N–C) groups is 1. The van der Waals surface area contributed by atoms with Gasteiger partial charge in [-0.2, -0.15) is 23.1 Å². The van der Waals surface area contributed by atoms with Gasteiger partial charge in [0.25, 0.3) is 0 Å². The van der Waals surface area contributed by atoms with E-state index in [1.807, 2.05) is 7.05 Å². The minimum atomic E-state index is 0.527. The molecule has 2 heterocycles. The molecule has 1 fully saturated rings. The van der Waals surface area contributed by atoms with Crippen LogP contribution in [-0.2, 0) is 0 Å². The highest BCUT2D eigenvalue weighted by Crippen LogP contribution is 2.21. The van der Waals surface area contributed by atoms with Gasteiger partial charge in [-0.3, -0.25) is 4.99 Å². The molecule has 2 unspecified atom stereocenters. The maximum absolute atomic E-state index is 4.46. The first kappa shape index (κ1) is 15.7. The van der Waals surface area contributed by atoms with Gasteiger partial charge in [-0.25, -0.2) is 0 Å². The van der Waals surface area contributed by atoms with Gasteiger partial charge < -0.3 is 10.2 Å². The molecule has 0 amide bonds. The Morgan fingerprint density at radius 2 is 2.45 bits per heavy atom. The fourth-order valence-corrected chi connectivity index (χ4v) is 4.37. The van der Waals surface area contributed by atoms with Crippen LogP contribution in [0.4, 0.5) is 0 Å². The summed E-state index contributed by atoms with van der Waals surface area (Å²) in [5.41, 5.74) is 1.42. The number of thioether (sulfide) groups is 1. The summed E-state index contributed by atoms with van der Waals surface area (Å²) >= 11 is 3.86. The summed E-state index contributed by atoms with van der Waals surface area (Å²) in [6.45, 7) is 7.71. The van der Waals surface area contributed by atoms with Crippen molar-refractivity contribution < 1.29 is 0 Å². The van der Waals surface area contributed by atoms with E-state index in [4.69, 9.17) is 0 Å². The SMILES string of the molecule is CCC1CN(C(=NC)NCC(C)c2ccsc2)CCS1. The van der Waals surface area contributed by atoms with Crippen molar-refractivity contribution in [3.8, 4) is 0 Å². The molecule has 0 spiro atoms. The third-order valence-electron chi connectivity index (χ3n) is 3.78. The van der Waals surface area contributed by atoms with Gasteiger partial charge in [-0.15, -0.1) is 0 Å². The summed E-state index contributed by atoms with van der Waals surface area (Å²) in [4.78, 5) is 6.87. The van der Waals surface area contributed by atoms with Gasteiger partial charge in [0.1, 0.15) is 0 Å². The van der Waals surface area contributed by atoms with Crippen molar-refractivity contribution in [1.82, 2.24) is 10.2 Å². The minimum absolute atomic E-state index is 0.527. The summed E-state index contributed by atoms with van der Waals surface area (Å²) in [7, 11) is 1.89. The Kier molecular flexibility index (Phi) is 6.23. The highest BCUT2D eigenvalue weighted by atomic mass is 32.2. The number of rotatable bonds is 4. The lowest BCUT2D eigenvalue weighted by atomic mass is 10.1. The minimum Gasteiger partial charge on any atom is -0.356 e. The first-order valence-electron chi connectivity index (χ1n) is 7.33. The fourth-order valence-electron chi connectivity index (χ4n) is 2.41. The zero-order valence-corrected chi connectivity index (χ0v) is 14.3. The van der Waals surface area contributed by atoms with Gasteiger partial charge >= 0.3 is 0 Å². The van der Waals surface area contributed by atoms with E-state index in [0.29, 0.717) is 5.92 Å². The molecular weight excluding hydrogens is 286 g/mol. The normalized spacial score (nSPS) is 21.9. The summed E-state index contributed by atoms with van der Waals surface area (Å²) in [6, 6.07) is 2.21. The number of thiophene rings is 1. The van der Waals surface area contributed by atoms with Crippen LogP contribution in [0.1, 0.15) is 31.7 Å². The molecule has 1 aliphatic rings. The zero-order valence-electron chi connectivity index (χ0n) is 12.6. The molecule has 5 heteroatoms. The van der Waals surface area contributed by atoms with Crippen LogP contribution >= 0.6 is 23.1 Å². The van der Waals surface area contributed by atoms with Crippen LogP contribution in [0.5, 0.6) is 0 Å². The van der Waals surface area contributed by atoms with Crippen molar-refractivity contribution in [1.29, 1.82) is 0 Å². The fraction of sp³-hybridized carbons (Fsp3) is 0.667. The first-order chi connectivity index (χ1) is 9.74. The van der Waals surface area contributed by atoms with E-state index in [2.05, 4.69) is 57.6 Å². The van der Waals surface area contributed by atoms with Gasteiger partial charge in [0.15, 0.2) is 5.96 Å². The van der Waals surface area contributed by atoms with E-state index in [9.17, 15) is 0 Å². The Balaban J connectivity index is 1.86. The Labute approximate surface area is 130 Å². The largest absolute Gasteiger partial charge is 0.356 e. The maximum Gasteiger partial charge on any atom is 0.193 e. The Bertz CT molecular complexity index is 417. The van der Waals surface area contributed by atoms with Crippen LogP contribution in [0, 0.1) is 0 Å². The van der Waals surface area contributed by atoms with Crippen molar-refractivity contribution in [2.45, 2.75) is 31.4 Å². The molecule has 0 saturated carbocycles. The number of guanidine groups is 1. The molecule has 1 aromatic rings. The second-order valence-corrected chi connectivity index (χ2v) is 7.42. The topological polar surface area (TPSA) is 27.6 Å². The van der Waals surface area contributed by atoms with E-state index in [1.165, 1.54) is 17.7 Å². The molecule has 1 aliphatic heterocycles. The molecule has 0 aliphatic carbocycles. The highest BCUT2D eigenvalue weighted by molar-refractivity contribution is 8.00. The third-order valence-corrected chi connectivity index (χ3v) is 5.86. The molecule has 20 heavy (non-hydrogen) atoms. The Morgan fingerprint density at radius 3 is 3.10 bits per heavy atom. The second kappa shape index (κ2) is 7.93. The standard InChI is InChI=1S/C15H25N3S2/c1-4-14-10-18(6-8-20-14)15(16-3)17-9-12(2)13-5-7-19-11-13/h5,7,11-12,14H,4,6,8-10H2,1-3H3,(H,16,17). The number of hydrogen-bond donors (Lipinski definition) is 1. The van der Waals surface area contributed by atoms with Gasteiger partial charge in [0, 0.05) is 37.7 Å². The lowest BCUT2D eigenvalue weighted by Gasteiger charge is -2.34. The van der Waals surface area contributed by atoms with Gasteiger partial charge in [-0.05, 0) is 34.7 Å². The summed E-state index contributed by atoms with van der Waals surface area (Å²) in [6.07, 6.45) is 1.24. The van der Waals surface area contributed by atoms with E-state index in [1.54, 1.807) is 11.3 Å². The predicted molar refractivity (Wildman–Crippen MR) is 92.2 cm³/mol. The van der Waals surface area contributed by atoms with Crippen molar-refractivity contribution in [2.75, 3.05) is 32.4 Å². The molecule has 0 radical (unpaired) electrons. The molecule has 3 nitrogen and oxygen atoms in total. The number of nitrogens with zero attached hydrogens (tertiary/aromatic N) is 2. The van der Waals surface area contributed by atoms with Crippen LogP contribution in [0.2, 0.25) is 0 Å². The van der Waals surface area contributed by atoms with E-state index < -0.39 is 0 Å². The Hall–Kier alpha value is -0.680. The maximum atomic E-state index is 4.46. The van der Waals surface area contributed by atoms with Crippen molar-refractivity contribution >= 4 is 29.1 Å². The van der Waals surface area contributed by atoms with Gasteiger partial charge in [-0.1, -0.05) is 13.8 Å². The van der Waals surface area contributed by atoms with E-state index in [0.717, 1.165) is 30.8 Å². The van der Waals surface area contributed by atoms with E-state index >= 15 is 0 Å².